The Hall–Kier alpha value is -3.65. The summed E-state index contributed by atoms with van der Waals surface area (Å²) >= 11 is 10.6. The molecule has 0 aliphatic carbocycles. The molecule has 0 spiro atoms. The molecule has 0 radical (unpaired) electrons. The molecule has 5 aromatic rings. The highest BCUT2D eigenvalue weighted by Gasteiger charge is 2.31. The molecule has 37 heavy (non-hydrogen) atoms. The minimum absolute atomic E-state index is 0.0702. The van der Waals surface area contributed by atoms with Gasteiger partial charge in [-0.3, -0.25) is 0 Å². The van der Waals surface area contributed by atoms with Crippen molar-refractivity contribution in [3.63, 3.8) is 0 Å². The average molecular weight is 604 g/mol. The number of halogens is 5. The minimum atomic E-state index is -4.54. The molecule has 0 aliphatic rings. The van der Waals surface area contributed by atoms with Gasteiger partial charge in [0, 0.05) is 26.9 Å². The molecule has 0 amide bonds. The summed E-state index contributed by atoms with van der Waals surface area (Å²) in [5.41, 5.74) is -0.208. The van der Waals surface area contributed by atoms with E-state index in [4.69, 9.17) is 20.4 Å². The van der Waals surface area contributed by atoms with E-state index in [2.05, 4.69) is 20.9 Å². The second-order valence-corrected chi connectivity index (χ2v) is 9.91. The summed E-state index contributed by atoms with van der Waals surface area (Å²) in [5, 5.41) is 12.5. The van der Waals surface area contributed by atoms with Crippen molar-refractivity contribution in [1.29, 1.82) is 5.26 Å². The molecule has 184 valence electrons. The van der Waals surface area contributed by atoms with Crippen LogP contribution in [-0.4, -0.2) is 4.98 Å². The van der Waals surface area contributed by atoms with Gasteiger partial charge in [0.05, 0.1) is 27.4 Å². The zero-order valence-electron chi connectivity index (χ0n) is 18.3. The molecule has 3 aromatic heterocycles. The van der Waals surface area contributed by atoms with Crippen LogP contribution in [0, 0.1) is 11.3 Å². The SMILES string of the molecule is N#C/C(=C\c1ccc(-c2cc(C(F)(F)F)ccc2Cl)o1)c1nc(-c2cc3cc(Br)ccc3oc2=O)cs1. The number of aromatic nitrogens is 1. The summed E-state index contributed by atoms with van der Waals surface area (Å²) in [6, 6.07) is 14.9. The fourth-order valence-corrected chi connectivity index (χ4v) is 4.92. The van der Waals surface area contributed by atoms with E-state index in [9.17, 15) is 23.2 Å². The predicted molar refractivity (Wildman–Crippen MR) is 139 cm³/mol. The smallest absolute Gasteiger partial charge is 0.416 e. The molecular weight excluding hydrogens is 593 g/mol. The van der Waals surface area contributed by atoms with E-state index in [1.807, 2.05) is 6.07 Å². The molecule has 0 unspecified atom stereocenters. The summed E-state index contributed by atoms with van der Waals surface area (Å²) < 4.78 is 51.2. The van der Waals surface area contributed by atoms with E-state index in [0.29, 0.717) is 21.7 Å². The van der Waals surface area contributed by atoms with Crippen molar-refractivity contribution in [2.45, 2.75) is 6.18 Å². The Labute approximate surface area is 224 Å². The Bertz CT molecular complexity index is 1800. The van der Waals surface area contributed by atoms with Gasteiger partial charge in [-0.2, -0.15) is 18.4 Å². The number of fused-ring (bicyclic) bond motifs is 1. The van der Waals surface area contributed by atoms with E-state index < -0.39 is 17.4 Å². The largest absolute Gasteiger partial charge is 0.457 e. The highest BCUT2D eigenvalue weighted by molar-refractivity contribution is 9.10. The monoisotopic (exact) mass is 602 g/mol. The second kappa shape index (κ2) is 9.67. The zero-order valence-corrected chi connectivity index (χ0v) is 21.4. The lowest BCUT2D eigenvalue weighted by molar-refractivity contribution is -0.137. The molecule has 0 aliphatic heterocycles. The maximum Gasteiger partial charge on any atom is 0.416 e. The summed E-state index contributed by atoms with van der Waals surface area (Å²) in [5.74, 6) is 0.325. The van der Waals surface area contributed by atoms with Crippen LogP contribution in [0.5, 0.6) is 0 Å². The van der Waals surface area contributed by atoms with E-state index in [1.54, 1.807) is 29.6 Å². The Balaban J connectivity index is 1.48. The van der Waals surface area contributed by atoms with Crippen LogP contribution in [0.2, 0.25) is 5.02 Å². The Kier molecular flexibility index (Phi) is 6.54. The van der Waals surface area contributed by atoms with E-state index >= 15 is 0 Å². The number of hydrogen-bond donors (Lipinski definition) is 0. The fourth-order valence-electron chi connectivity index (χ4n) is 3.54. The molecule has 0 saturated heterocycles. The molecule has 11 heteroatoms. The maximum atomic E-state index is 13.1. The summed E-state index contributed by atoms with van der Waals surface area (Å²) in [7, 11) is 0. The van der Waals surface area contributed by atoms with Gasteiger partial charge in [0.25, 0.3) is 0 Å². The molecule has 0 saturated carbocycles. The van der Waals surface area contributed by atoms with Gasteiger partial charge in [-0.1, -0.05) is 27.5 Å². The van der Waals surface area contributed by atoms with Gasteiger partial charge < -0.3 is 8.83 Å². The van der Waals surface area contributed by atoms with Crippen LogP contribution >= 0.6 is 38.9 Å². The van der Waals surface area contributed by atoms with E-state index in [0.717, 1.165) is 34.0 Å². The first-order chi connectivity index (χ1) is 17.6. The van der Waals surface area contributed by atoms with Crippen LogP contribution in [0.15, 0.2) is 78.1 Å². The topological polar surface area (TPSA) is 80.0 Å². The van der Waals surface area contributed by atoms with Crippen LogP contribution in [0.3, 0.4) is 0 Å². The molecular formula is C26H11BrClF3N2O3S. The molecule has 0 N–H and O–H groups in total. The lowest BCUT2D eigenvalue weighted by Crippen LogP contribution is -2.04. The molecule has 3 heterocycles. The van der Waals surface area contributed by atoms with Gasteiger partial charge in [-0.15, -0.1) is 11.3 Å². The number of hydrogen-bond acceptors (Lipinski definition) is 6. The van der Waals surface area contributed by atoms with Crippen LogP contribution in [0.1, 0.15) is 16.3 Å². The second-order valence-electron chi connectivity index (χ2n) is 7.73. The summed E-state index contributed by atoms with van der Waals surface area (Å²) in [6.07, 6.45) is -3.13. The zero-order chi connectivity index (χ0) is 26.3. The minimum Gasteiger partial charge on any atom is -0.457 e. The Morgan fingerprint density at radius 1 is 1.08 bits per heavy atom. The van der Waals surface area contributed by atoms with Crippen LogP contribution in [-0.2, 0) is 6.18 Å². The standard InChI is InChI=1S/C26H11BrClF3N2O3S/c27-16-2-5-22-13(7-16)9-19(25(34)36-22)21-12-37-24(33-21)14(11-32)8-17-3-6-23(35-17)18-10-15(26(29,30)31)1-4-20(18)28/h1-10,12H/b14-8+. The highest BCUT2D eigenvalue weighted by Crippen LogP contribution is 2.37. The molecule has 5 nitrogen and oxygen atoms in total. The van der Waals surface area contributed by atoms with Crippen molar-refractivity contribution in [2.24, 2.45) is 0 Å². The van der Waals surface area contributed by atoms with Crippen molar-refractivity contribution < 1.29 is 22.0 Å². The maximum absolute atomic E-state index is 13.1. The quantitative estimate of drug-likeness (QED) is 0.152. The lowest BCUT2D eigenvalue weighted by atomic mass is 10.1. The number of allylic oxidation sites excluding steroid dienone is 1. The fraction of sp³-hybridized carbons (Fsp3) is 0.0385. The van der Waals surface area contributed by atoms with Crippen LogP contribution < -0.4 is 5.63 Å². The number of nitrogens with zero attached hydrogens (tertiary/aromatic N) is 2. The van der Waals surface area contributed by atoms with Gasteiger partial charge in [0.15, 0.2) is 0 Å². The number of nitriles is 1. The first kappa shape index (κ1) is 25.0. The van der Waals surface area contributed by atoms with Crippen LogP contribution in [0.4, 0.5) is 13.2 Å². The lowest BCUT2D eigenvalue weighted by Gasteiger charge is -2.09. The van der Waals surface area contributed by atoms with Crippen molar-refractivity contribution in [3.05, 3.63) is 96.2 Å². The summed E-state index contributed by atoms with van der Waals surface area (Å²) in [6.45, 7) is 0. The van der Waals surface area contributed by atoms with Gasteiger partial charge in [0.2, 0.25) is 0 Å². The molecule has 0 atom stereocenters. The van der Waals surface area contributed by atoms with Gasteiger partial charge in [-0.25, -0.2) is 9.78 Å². The van der Waals surface area contributed by atoms with Gasteiger partial charge in [0.1, 0.15) is 28.2 Å². The van der Waals surface area contributed by atoms with Crippen molar-refractivity contribution in [1.82, 2.24) is 4.98 Å². The third-order valence-electron chi connectivity index (χ3n) is 5.30. The Morgan fingerprint density at radius 3 is 2.65 bits per heavy atom. The third-order valence-corrected chi connectivity index (χ3v) is 7.00. The molecule has 5 rings (SSSR count). The molecule has 0 fully saturated rings. The molecule has 2 aromatic carbocycles. The number of thiazole rings is 1. The van der Waals surface area contributed by atoms with E-state index in [-0.39, 0.29) is 33.2 Å². The number of alkyl halides is 3. The number of benzene rings is 2. The van der Waals surface area contributed by atoms with Crippen molar-refractivity contribution in [3.8, 4) is 28.7 Å². The predicted octanol–water partition coefficient (Wildman–Crippen LogP) is 8.68. The summed E-state index contributed by atoms with van der Waals surface area (Å²) in [4.78, 5) is 16.9. The van der Waals surface area contributed by atoms with E-state index in [1.165, 1.54) is 18.2 Å². The van der Waals surface area contributed by atoms with Gasteiger partial charge in [-0.05, 0) is 54.6 Å². The first-order valence-electron chi connectivity index (χ1n) is 10.4. The number of furan rings is 1. The molecule has 0 bridgehead atoms. The first-order valence-corrected chi connectivity index (χ1v) is 12.5. The third kappa shape index (κ3) is 5.11. The average Bonchev–Trinajstić information content (AvgIpc) is 3.52. The van der Waals surface area contributed by atoms with Gasteiger partial charge >= 0.3 is 11.8 Å². The van der Waals surface area contributed by atoms with Crippen molar-refractivity contribution in [2.75, 3.05) is 0 Å². The highest BCUT2D eigenvalue weighted by atomic mass is 79.9. The Morgan fingerprint density at radius 2 is 1.89 bits per heavy atom. The van der Waals surface area contributed by atoms with Crippen molar-refractivity contribution >= 4 is 61.5 Å². The number of rotatable bonds is 4. The van der Waals surface area contributed by atoms with Crippen LogP contribution in [0.25, 0.3) is 45.2 Å². The normalized spacial score (nSPS) is 12.2.